The largest absolute Gasteiger partial charge is 0.496 e. The molecule has 0 aliphatic rings. The van der Waals surface area contributed by atoms with Gasteiger partial charge in [-0.25, -0.2) is 4.98 Å². The summed E-state index contributed by atoms with van der Waals surface area (Å²) < 4.78 is 5.29. The van der Waals surface area contributed by atoms with Crippen molar-refractivity contribution in [3.8, 4) is 27.6 Å². The highest BCUT2D eigenvalue weighted by Crippen LogP contribution is 2.31. The van der Waals surface area contributed by atoms with Crippen molar-refractivity contribution in [2.45, 2.75) is 6.92 Å². The lowest BCUT2D eigenvalue weighted by molar-refractivity contribution is 0.412. The molecule has 0 aliphatic carbocycles. The van der Waals surface area contributed by atoms with Gasteiger partial charge in [-0.2, -0.15) is 0 Å². The number of nitrogens with zero attached hydrogens (tertiary/aromatic N) is 1. The van der Waals surface area contributed by atoms with Crippen molar-refractivity contribution >= 4 is 17.0 Å². The summed E-state index contributed by atoms with van der Waals surface area (Å²) in [6, 6.07) is 13.9. The minimum Gasteiger partial charge on any atom is -0.496 e. The van der Waals surface area contributed by atoms with Crippen LogP contribution in [0, 0.1) is 6.92 Å². The van der Waals surface area contributed by atoms with Gasteiger partial charge in [-0.3, -0.25) is 0 Å². The second-order valence-corrected chi connectivity index (χ2v) is 5.70. The zero-order valence-corrected chi connectivity index (χ0v) is 12.8. The van der Waals surface area contributed by atoms with Crippen molar-refractivity contribution < 1.29 is 4.74 Å². The number of ether oxygens (including phenoxy) is 1. The van der Waals surface area contributed by atoms with E-state index in [9.17, 15) is 0 Å². The lowest BCUT2D eigenvalue weighted by atomic mass is 10.1. The van der Waals surface area contributed by atoms with Gasteiger partial charge in [0.1, 0.15) is 10.8 Å². The van der Waals surface area contributed by atoms with E-state index in [0.29, 0.717) is 0 Å². The van der Waals surface area contributed by atoms with Gasteiger partial charge in [0.15, 0.2) is 0 Å². The van der Waals surface area contributed by atoms with Crippen LogP contribution in [0.1, 0.15) is 5.56 Å². The van der Waals surface area contributed by atoms with Gasteiger partial charge >= 0.3 is 0 Å². The molecule has 3 rings (SSSR count). The third-order valence-electron chi connectivity index (χ3n) is 3.35. The Bertz CT molecular complexity index is 763. The predicted octanol–water partition coefficient (Wildman–Crippen LogP) is 4.38. The van der Waals surface area contributed by atoms with Gasteiger partial charge in [0.25, 0.3) is 0 Å². The summed E-state index contributed by atoms with van der Waals surface area (Å²) in [5.41, 5.74) is 10.8. The second-order valence-electron chi connectivity index (χ2n) is 4.84. The Morgan fingerprint density at radius 2 is 1.76 bits per heavy atom. The number of methoxy groups -OCH3 is 1. The summed E-state index contributed by atoms with van der Waals surface area (Å²) in [6.07, 6.45) is 0. The van der Waals surface area contributed by atoms with Crippen LogP contribution in [0.4, 0.5) is 5.69 Å². The number of rotatable bonds is 3. The molecule has 0 unspecified atom stereocenters. The van der Waals surface area contributed by atoms with Gasteiger partial charge in [-0.1, -0.05) is 12.1 Å². The van der Waals surface area contributed by atoms with E-state index in [1.807, 2.05) is 43.3 Å². The monoisotopic (exact) mass is 296 g/mol. The maximum Gasteiger partial charge on any atom is 0.124 e. The Kier molecular flexibility index (Phi) is 3.62. The van der Waals surface area contributed by atoms with Crippen LogP contribution in [0.15, 0.2) is 47.8 Å². The first-order valence-corrected chi connectivity index (χ1v) is 7.52. The number of anilines is 1. The number of nitrogens with two attached hydrogens (primary N) is 1. The van der Waals surface area contributed by atoms with Crippen molar-refractivity contribution in [1.29, 1.82) is 0 Å². The van der Waals surface area contributed by atoms with Gasteiger partial charge in [-0.15, -0.1) is 11.3 Å². The molecule has 106 valence electrons. The molecule has 4 heteroatoms. The van der Waals surface area contributed by atoms with Crippen LogP contribution in [0.5, 0.6) is 5.75 Å². The van der Waals surface area contributed by atoms with Crippen LogP contribution >= 0.6 is 11.3 Å². The highest BCUT2D eigenvalue weighted by Gasteiger charge is 2.08. The standard InChI is InChI=1S/C17H16N2OS/c1-11-9-13(5-8-16(11)20-2)17-19-15(10-21-17)12-3-6-14(18)7-4-12/h3-10H,18H2,1-2H3. The fourth-order valence-electron chi connectivity index (χ4n) is 2.20. The van der Waals surface area contributed by atoms with Crippen LogP contribution < -0.4 is 10.5 Å². The number of nitrogen functional groups attached to an aromatic ring is 1. The summed E-state index contributed by atoms with van der Waals surface area (Å²) in [5, 5.41) is 3.08. The van der Waals surface area contributed by atoms with Crippen LogP contribution in [0.2, 0.25) is 0 Å². The predicted molar refractivity (Wildman–Crippen MR) is 88.7 cm³/mol. The Morgan fingerprint density at radius 1 is 1.05 bits per heavy atom. The average molecular weight is 296 g/mol. The molecule has 0 aliphatic heterocycles. The lowest BCUT2D eigenvalue weighted by Gasteiger charge is -2.05. The van der Waals surface area contributed by atoms with E-state index < -0.39 is 0 Å². The second kappa shape index (κ2) is 5.58. The Morgan fingerprint density at radius 3 is 2.43 bits per heavy atom. The first-order valence-electron chi connectivity index (χ1n) is 6.64. The third-order valence-corrected chi connectivity index (χ3v) is 4.24. The zero-order valence-electron chi connectivity index (χ0n) is 12.0. The summed E-state index contributed by atoms with van der Waals surface area (Å²) in [6.45, 7) is 2.04. The number of hydrogen-bond acceptors (Lipinski definition) is 4. The first kappa shape index (κ1) is 13.6. The van der Waals surface area contributed by atoms with E-state index >= 15 is 0 Å². The maximum atomic E-state index is 5.72. The number of aromatic nitrogens is 1. The molecule has 2 N–H and O–H groups in total. The summed E-state index contributed by atoms with van der Waals surface area (Å²) in [4.78, 5) is 4.71. The average Bonchev–Trinajstić information content (AvgIpc) is 2.98. The third kappa shape index (κ3) is 2.76. The van der Waals surface area contributed by atoms with Crippen LogP contribution in [0.25, 0.3) is 21.8 Å². The van der Waals surface area contributed by atoms with Crippen molar-refractivity contribution in [2.24, 2.45) is 0 Å². The number of hydrogen-bond donors (Lipinski definition) is 1. The van der Waals surface area contributed by atoms with Gasteiger partial charge in [0.05, 0.1) is 12.8 Å². The minimum atomic E-state index is 0.764. The molecule has 0 saturated carbocycles. The minimum absolute atomic E-state index is 0.764. The van der Waals surface area contributed by atoms with E-state index in [2.05, 4.69) is 11.4 Å². The molecule has 0 saturated heterocycles. The van der Waals surface area contributed by atoms with Crippen LogP contribution in [0.3, 0.4) is 0 Å². The Balaban J connectivity index is 1.94. The van der Waals surface area contributed by atoms with Crippen molar-refractivity contribution in [3.05, 3.63) is 53.4 Å². The number of benzene rings is 2. The molecule has 0 atom stereocenters. The fourth-order valence-corrected chi connectivity index (χ4v) is 3.03. The van der Waals surface area contributed by atoms with E-state index in [-0.39, 0.29) is 0 Å². The zero-order chi connectivity index (χ0) is 14.8. The highest BCUT2D eigenvalue weighted by atomic mass is 32.1. The van der Waals surface area contributed by atoms with Gasteiger partial charge in [0, 0.05) is 22.2 Å². The summed E-state index contributed by atoms with van der Waals surface area (Å²) in [5.74, 6) is 0.897. The van der Waals surface area contributed by atoms with Crippen LogP contribution in [-0.4, -0.2) is 12.1 Å². The SMILES string of the molecule is COc1ccc(-c2nc(-c3ccc(N)cc3)cs2)cc1C. The maximum absolute atomic E-state index is 5.72. The van der Waals surface area contributed by atoms with E-state index in [1.54, 1.807) is 18.4 Å². The molecule has 0 spiro atoms. The summed E-state index contributed by atoms with van der Waals surface area (Å²) >= 11 is 1.64. The first-order chi connectivity index (χ1) is 10.2. The molecular formula is C17H16N2OS. The van der Waals surface area contributed by atoms with Gasteiger partial charge in [-0.05, 0) is 42.8 Å². The fraction of sp³-hybridized carbons (Fsp3) is 0.118. The van der Waals surface area contributed by atoms with Gasteiger partial charge in [0.2, 0.25) is 0 Å². The normalized spacial score (nSPS) is 10.6. The Labute approximate surface area is 128 Å². The molecule has 3 aromatic rings. The number of thiazole rings is 1. The molecule has 1 heterocycles. The van der Waals surface area contributed by atoms with Crippen molar-refractivity contribution in [2.75, 3.05) is 12.8 Å². The van der Waals surface area contributed by atoms with Crippen LogP contribution in [-0.2, 0) is 0 Å². The van der Waals surface area contributed by atoms with Crippen molar-refractivity contribution in [3.63, 3.8) is 0 Å². The molecular weight excluding hydrogens is 280 g/mol. The molecule has 1 aromatic heterocycles. The molecule has 3 nitrogen and oxygen atoms in total. The molecule has 2 aromatic carbocycles. The topological polar surface area (TPSA) is 48.1 Å². The highest BCUT2D eigenvalue weighted by molar-refractivity contribution is 7.13. The molecule has 0 radical (unpaired) electrons. The smallest absolute Gasteiger partial charge is 0.124 e. The molecule has 0 fully saturated rings. The Hall–Kier alpha value is -2.33. The molecule has 21 heavy (non-hydrogen) atoms. The van der Waals surface area contributed by atoms with E-state index in [0.717, 1.165) is 38.8 Å². The quantitative estimate of drug-likeness (QED) is 0.730. The summed E-state index contributed by atoms with van der Waals surface area (Å²) in [7, 11) is 1.69. The molecule has 0 bridgehead atoms. The molecule has 0 amide bonds. The van der Waals surface area contributed by atoms with Crippen molar-refractivity contribution in [1.82, 2.24) is 4.98 Å². The lowest BCUT2D eigenvalue weighted by Crippen LogP contribution is -1.87. The van der Waals surface area contributed by atoms with Gasteiger partial charge < -0.3 is 10.5 Å². The van der Waals surface area contributed by atoms with E-state index in [1.165, 1.54) is 0 Å². The number of aryl methyl sites for hydroxylation is 1. The van der Waals surface area contributed by atoms with E-state index in [4.69, 9.17) is 15.5 Å².